The van der Waals surface area contributed by atoms with Crippen LogP contribution in [0, 0.1) is 0 Å². The lowest BCUT2D eigenvalue weighted by atomic mass is 9.79. The van der Waals surface area contributed by atoms with E-state index in [1.54, 1.807) is 0 Å². The Morgan fingerprint density at radius 3 is 2.25 bits per heavy atom. The Bertz CT molecular complexity index is 250. The molecule has 0 aromatic carbocycles. The zero-order valence-corrected chi connectivity index (χ0v) is 9.61. The summed E-state index contributed by atoms with van der Waals surface area (Å²) in [5, 5.41) is 9.11. The number of aliphatic hydroxyl groups is 1. The first-order valence-electron chi connectivity index (χ1n) is 6.33. The van der Waals surface area contributed by atoms with E-state index in [-0.39, 0.29) is 24.1 Å². The molecule has 1 atom stereocenters. The van der Waals surface area contributed by atoms with E-state index >= 15 is 0 Å². The van der Waals surface area contributed by atoms with Crippen molar-refractivity contribution in [2.24, 2.45) is 0 Å². The second kappa shape index (κ2) is 3.95. The molecule has 16 heavy (non-hydrogen) atoms. The summed E-state index contributed by atoms with van der Waals surface area (Å²) >= 11 is 0. The Kier molecular flexibility index (Phi) is 2.70. The first kappa shape index (κ1) is 11.0. The molecule has 0 bridgehead atoms. The monoisotopic (exact) mass is 228 g/mol. The highest BCUT2D eigenvalue weighted by molar-refractivity contribution is 4.96. The lowest BCUT2D eigenvalue weighted by Crippen LogP contribution is -2.43. The molecule has 2 aliphatic heterocycles. The van der Waals surface area contributed by atoms with E-state index in [4.69, 9.17) is 19.3 Å². The summed E-state index contributed by atoms with van der Waals surface area (Å²) < 4.78 is 17.4. The molecule has 2 heterocycles. The van der Waals surface area contributed by atoms with Crippen LogP contribution < -0.4 is 0 Å². The van der Waals surface area contributed by atoms with Crippen LogP contribution in [0.15, 0.2) is 0 Å². The molecule has 3 rings (SSSR count). The molecule has 4 nitrogen and oxygen atoms in total. The van der Waals surface area contributed by atoms with E-state index in [0.717, 1.165) is 51.7 Å². The van der Waals surface area contributed by atoms with E-state index < -0.39 is 0 Å². The topological polar surface area (TPSA) is 47.9 Å². The SMILES string of the molecule is OCC1CCC2(CCC3(CC2)OCCO3)O1. The Morgan fingerprint density at radius 1 is 1.00 bits per heavy atom. The smallest absolute Gasteiger partial charge is 0.168 e. The van der Waals surface area contributed by atoms with Crippen LogP contribution in [0.2, 0.25) is 0 Å². The first-order chi connectivity index (χ1) is 7.76. The molecule has 0 aromatic rings. The predicted octanol–water partition coefficient (Wildman–Crippen LogP) is 1.21. The summed E-state index contributed by atoms with van der Waals surface area (Å²) in [6, 6.07) is 0. The van der Waals surface area contributed by atoms with Gasteiger partial charge < -0.3 is 19.3 Å². The molecule has 2 saturated heterocycles. The number of ether oxygens (including phenoxy) is 3. The van der Waals surface area contributed by atoms with E-state index in [1.807, 2.05) is 0 Å². The maximum absolute atomic E-state index is 9.11. The summed E-state index contributed by atoms with van der Waals surface area (Å²) in [6.07, 6.45) is 6.00. The van der Waals surface area contributed by atoms with E-state index in [9.17, 15) is 0 Å². The van der Waals surface area contributed by atoms with Crippen LogP contribution in [0.25, 0.3) is 0 Å². The second-order valence-electron chi connectivity index (χ2n) is 5.25. The van der Waals surface area contributed by atoms with Crippen LogP contribution in [0.3, 0.4) is 0 Å². The molecular weight excluding hydrogens is 208 g/mol. The Hall–Kier alpha value is -0.160. The molecule has 0 amide bonds. The minimum Gasteiger partial charge on any atom is -0.394 e. The molecule has 0 aromatic heterocycles. The van der Waals surface area contributed by atoms with Crippen molar-refractivity contribution in [3.63, 3.8) is 0 Å². The molecule has 1 aliphatic carbocycles. The van der Waals surface area contributed by atoms with Gasteiger partial charge in [0.15, 0.2) is 5.79 Å². The van der Waals surface area contributed by atoms with Crippen molar-refractivity contribution < 1.29 is 19.3 Å². The van der Waals surface area contributed by atoms with Gasteiger partial charge in [0, 0.05) is 12.8 Å². The maximum atomic E-state index is 9.11. The normalized spacial score (nSPS) is 36.2. The molecule has 1 unspecified atom stereocenters. The summed E-state index contributed by atoms with van der Waals surface area (Å²) in [7, 11) is 0. The lowest BCUT2D eigenvalue weighted by Gasteiger charge is -2.41. The van der Waals surface area contributed by atoms with Gasteiger partial charge in [-0.2, -0.15) is 0 Å². The van der Waals surface area contributed by atoms with Crippen LogP contribution in [-0.4, -0.2) is 42.4 Å². The fraction of sp³-hybridized carbons (Fsp3) is 1.00. The van der Waals surface area contributed by atoms with Crippen LogP contribution >= 0.6 is 0 Å². The molecule has 4 heteroatoms. The van der Waals surface area contributed by atoms with Crippen molar-refractivity contribution in [3.05, 3.63) is 0 Å². The highest BCUT2D eigenvalue weighted by Crippen LogP contribution is 2.47. The van der Waals surface area contributed by atoms with Gasteiger partial charge in [0.2, 0.25) is 0 Å². The molecule has 3 fully saturated rings. The fourth-order valence-electron chi connectivity index (χ4n) is 3.26. The molecular formula is C12H20O4. The third-order valence-electron chi connectivity index (χ3n) is 4.28. The van der Waals surface area contributed by atoms with Crippen LogP contribution in [0.5, 0.6) is 0 Å². The predicted molar refractivity (Wildman–Crippen MR) is 57.0 cm³/mol. The number of hydrogen-bond donors (Lipinski definition) is 1. The van der Waals surface area contributed by atoms with Gasteiger partial charge in [0.05, 0.1) is 31.5 Å². The fourth-order valence-corrected chi connectivity index (χ4v) is 3.26. The summed E-state index contributed by atoms with van der Waals surface area (Å²) in [5.41, 5.74) is 0.00789. The minimum atomic E-state index is -0.300. The Balaban J connectivity index is 1.62. The van der Waals surface area contributed by atoms with Crippen molar-refractivity contribution >= 4 is 0 Å². The van der Waals surface area contributed by atoms with Gasteiger partial charge in [-0.25, -0.2) is 0 Å². The molecule has 1 N–H and O–H groups in total. The van der Waals surface area contributed by atoms with Gasteiger partial charge in [-0.3, -0.25) is 0 Å². The van der Waals surface area contributed by atoms with Crippen LogP contribution in [0.1, 0.15) is 38.5 Å². The number of hydrogen-bond acceptors (Lipinski definition) is 4. The Labute approximate surface area is 95.9 Å². The number of aliphatic hydroxyl groups excluding tert-OH is 1. The first-order valence-corrected chi connectivity index (χ1v) is 6.33. The maximum Gasteiger partial charge on any atom is 0.168 e. The van der Waals surface area contributed by atoms with Gasteiger partial charge in [-0.15, -0.1) is 0 Å². The van der Waals surface area contributed by atoms with E-state index in [1.165, 1.54) is 0 Å². The molecule has 1 saturated carbocycles. The number of rotatable bonds is 1. The average Bonchev–Trinajstić information content (AvgIpc) is 2.91. The second-order valence-corrected chi connectivity index (χ2v) is 5.25. The minimum absolute atomic E-state index is 0.00789. The van der Waals surface area contributed by atoms with Gasteiger partial charge in [0.1, 0.15) is 0 Å². The highest BCUT2D eigenvalue weighted by atomic mass is 16.7. The third-order valence-corrected chi connectivity index (χ3v) is 4.28. The molecule has 92 valence electrons. The highest BCUT2D eigenvalue weighted by Gasteiger charge is 2.49. The van der Waals surface area contributed by atoms with Crippen LogP contribution in [-0.2, 0) is 14.2 Å². The van der Waals surface area contributed by atoms with Crippen LogP contribution in [0.4, 0.5) is 0 Å². The lowest BCUT2D eigenvalue weighted by molar-refractivity contribution is -0.209. The quantitative estimate of drug-likeness (QED) is 0.733. The summed E-state index contributed by atoms with van der Waals surface area (Å²) in [6.45, 7) is 1.61. The average molecular weight is 228 g/mol. The molecule has 2 spiro atoms. The van der Waals surface area contributed by atoms with Gasteiger partial charge in [-0.05, 0) is 25.7 Å². The van der Waals surface area contributed by atoms with Gasteiger partial charge in [0.25, 0.3) is 0 Å². The van der Waals surface area contributed by atoms with Gasteiger partial charge >= 0.3 is 0 Å². The van der Waals surface area contributed by atoms with Crippen molar-refractivity contribution in [3.8, 4) is 0 Å². The largest absolute Gasteiger partial charge is 0.394 e. The zero-order chi connectivity index (χ0) is 11.1. The zero-order valence-electron chi connectivity index (χ0n) is 9.61. The van der Waals surface area contributed by atoms with E-state index in [2.05, 4.69) is 0 Å². The summed E-state index contributed by atoms with van der Waals surface area (Å²) in [4.78, 5) is 0. The molecule has 3 aliphatic rings. The van der Waals surface area contributed by atoms with Gasteiger partial charge in [-0.1, -0.05) is 0 Å². The summed E-state index contributed by atoms with van der Waals surface area (Å²) in [5.74, 6) is -0.300. The Morgan fingerprint density at radius 2 is 1.69 bits per heavy atom. The molecule has 0 radical (unpaired) electrons. The standard InChI is InChI=1S/C12H20O4/c13-9-10-1-2-11(16-10)3-5-12(6-4-11)14-7-8-15-12/h10,13H,1-9H2. The third kappa shape index (κ3) is 1.78. The van der Waals surface area contributed by atoms with E-state index in [0.29, 0.717) is 0 Å². The van der Waals surface area contributed by atoms with Crippen molar-refractivity contribution in [2.75, 3.05) is 19.8 Å². The van der Waals surface area contributed by atoms with Crippen molar-refractivity contribution in [1.29, 1.82) is 0 Å². The van der Waals surface area contributed by atoms with Crippen molar-refractivity contribution in [1.82, 2.24) is 0 Å². The van der Waals surface area contributed by atoms with Crippen molar-refractivity contribution in [2.45, 2.75) is 56.0 Å².